The van der Waals surface area contributed by atoms with E-state index in [-0.39, 0.29) is 22.1 Å². The Bertz CT molecular complexity index is 542. The number of sulfonamides is 1. The van der Waals surface area contributed by atoms with Crippen LogP contribution in [-0.4, -0.2) is 28.0 Å². The van der Waals surface area contributed by atoms with Crippen LogP contribution in [0.1, 0.15) is 23.7 Å². The molecule has 0 unspecified atom stereocenters. The molecule has 0 radical (unpaired) electrons. The highest BCUT2D eigenvalue weighted by Gasteiger charge is 2.18. The van der Waals surface area contributed by atoms with Gasteiger partial charge in [0.1, 0.15) is 0 Å². The summed E-state index contributed by atoms with van der Waals surface area (Å²) in [4.78, 5) is 11.6. The second-order valence-corrected chi connectivity index (χ2v) is 5.78. The third-order valence-corrected chi connectivity index (χ3v) is 3.92. The van der Waals surface area contributed by atoms with Crippen LogP contribution < -0.4 is 4.72 Å². The van der Waals surface area contributed by atoms with Crippen LogP contribution in [0.3, 0.4) is 0 Å². The summed E-state index contributed by atoms with van der Waals surface area (Å²) >= 11 is 5.85. The number of hydrogen-bond acceptors (Lipinski definition) is 4. The van der Waals surface area contributed by atoms with Crippen molar-refractivity contribution >= 4 is 27.6 Å². The lowest BCUT2D eigenvalue weighted by molar-refractivity contribution is 0.0505. The molecule has 0 fully saturated rings. The van der Waals surface area contributed by atoms with Crippen LogP contribution in [0.25, 0.3) is 0 Å². The minimum absolute atomic E-state index is 0.0298. The fourth-order valence-corrected chi connectivity index (χ4v) is 2.17. The topological polar surface area (TPSA) is 72.5 Å². The molecule has 0 amide bonds. The molecule has 0 saturated carbocycles. The fraction of sp³-hybridized carbons (Fsp3) is 0.364. The summed E-state index contributed by atoms with van der Waals surface area (Å²) in [5.41, 5.74) is 0.0430. The largest absolute Gasteiger partial charge is 0.462 e. The predicted molar refractivity (Wildman–Crippen MR) is 68.3 cm³/mol. The number of carbonyl (C=O) groups excluding carboxylic acids is 1. The average Bonchev–Trinajstić information content (AvgIpc) is 2.36. The molecule has 0 aliphatic heterocycles. The minimum Gasteiger partial charge on any atom is -0.462 e. The first-order valence-corrected chi connectivity index (χ1v) is 7.18. The quantitative estimate of drug-likeness (QED) is 0.840. The van der Waals surface area contributed by atoms with E-state index in [4.69, 9.17) is 16.3 Å². The highest BCUT2D eigenvalue weighted by atomic mass is 35.5. The van der Waals surface area contributed by atoms with Gasteiger partial charge in [0.25, 0.3) is 0 Å². The van der Waals surface area contributed by atoms with Crippen molar-refractivity contribution in [1.29, 1.82) is 0 Å². The molecule has 7 heteroatoms. The van der Waals surface area contributed by atoms with Gasteiger partial charge in [-0.2, -0.15) is 0 Å². The molecule has 0 bridgehead atoms. The summed E-state index contributed by atoms with van der Waals surface area (Å²) in [6.07, 6.45) is 0.678. The van der Waals surface area contributed by atoms with Gasteiger partial charge in [-0.05, 0) is 31.7 Å². The molecule has 1 rings (SSSR count). The molecule has 0 aromatic heterocycles. The fourth-order valence-electron chi connectivity index (χ4n) is 1.22. The van der Waals surface area contributed by atoms with Crippen LogP contribution in [0.5, 0.6) is 0 Å². The maximum Gasteiger partial charge on any atom is 0.339 e. The molecule has 0 saturated heterocycles. The molecule has 0 spiro atoms. The van der Waals surface area contributed by atoms with Gasteiger partial charge in [-0.15, -0.1) is 0 Å². The number of halogens is 1. The molecule has 18 heavy (non-hydrogen) atoms. The van der Waals surface area contributed by atoms with Gasteiger partial charge in [-0.1, -0.05) is 18.5 Å². The first-order chi connectivity index (χ1) is 8.42. The third kappa shape index (κ3) is 3.44. The van der Waals surface area contributed by atoms with Crippen LogP contribution in [0.4, 0.5) is 0 Å². The van der Waals surface area contributed by atoms with Gasteiger partial charge in [-0.3, -0.25) is 0 Å². The molecule has 0 heterocycles. The molecule has 5 nitrogen and oxygen atoms in total. The maximum absolute atomic E-state index is 11.7. The minimum atomic E-state index is -3.61. The van der Waals surface area contributed by atoms with Crippen LogP contribution >= 0.6 is 11.6 Å². The van der Waals surface area contributed by atoms with Gasteiger partial charge in [0, 0.05) is 0 Å². The SMILES string of the molecule is CCCOC(=O)c1cc(S(=O)(=O)NC)ccc1Cl. The normalized spacial score (nSPS) is 11.3. The van der Waals surface area contributed by atoms with Crippen LogP contribution in [0.2, 0.25) is 5.02 Å². The number of benzene rings is 1. The first kappa shape index (κ1) is 14.9. The Balaban J connectivity index is 3.13. The summed E-state index contributed by atoms with van der Waals surface area (Å²) in [5, 5.41) is 0.158. The van der Waals surface area contributed by atoms with E-state index in [9.17, 15) is 13.2 Å². The number of ether oxygens (including phenoxy) is 1. The van der Waals surface area contributed by atoms with Crippen molar-refractivity contribution in [1.82, 2.24) is 4.72 Å². The van der Waals surface area contributed by atoms with Crippen LogP contribution in [0, 0.1) is 0 Å². The van der Waals surface area contributed by atoms with E-state index in [1.807, 2.05) is 6.92 Å². The van der Waals surface area contributed by atoms with Crippen molar-refractivity contribution in [3.8, 4) is 0 Å². The predicted octanol–water partition coefficient (Wildman–Crippen LogP) is 1.81. The van der Waals surface area contributed by atoms with Gasteiger partial charge in [0.2, 0.25) is 10.0 Å². The van der Waals surface area contributed by atoms with E-state index in [2.05, 4.69) is 4.72 Å². The second-order valence-electron chi connectivity index (χ2n) is 3.49. The summed E-state index contributed by atoms with van der Waals surface area (Å²) < 4.78 is 30.3. The first-order valence-electron chi connectivity index (χ1n) is 5.32. The van der Waals surface area contributed by atoms with E-state index in [1.165, 1.54) is 25.2 Å². The molecule has 0 aliphatic carbocycles. The van der Waals surface area contributed by atoms with Crippen LogP contribution in [-0.2, 0) is 14.8 Å². The van der Waals surface area contributed by atoms with E-state index < -0.39 is 16.0 Å². The van der Waals surface area contributed by atoms with E-state index >= 15 is 0 Å². The maximum atomic E-state index is 11.7. The highest BCUT2D eigenvalue weighted by Crippen LogP contribution is 2.21. The van der Waals surface area contributed by atoms with E-state index in [1.54, 1.807) is 0 Å². The lowest BCUT2D eigenvalue weighted by Crippen LogP contribution is -2.19. The van der Waals surface area contributed by atoms with Crippen molar-refractivity contribution in [2.24, 2.45) is 0 Å². The zero-order valence-corrected chi connectivity index (χ0v) is 11.6. The number of hydrogen-bond donors (Lipinski definition) is 1. The Morgan fingerprint density at radius 3 is 2.67 bits per heavy atom. The Hall–Kier alpha value is -1.11. The van der Waals surface area contributed by atoms with Crippen molar-refractivity contribution in [3.63, 3.8) is 0 Å². The van der Waals surface area contributed by atoms with Crippen molar-refractivity contribution < 1.29 is 17.9 Å². The Morgan fingerprint density at radius 1 is 1.44 bits per heavy atom. The molecule has 1 aromatic rings. The van der Waals surface area contributed by atoms with Gasteiger partial charge in [0.15, 0.2) is 0 Å². The number of carbonyl (C=O) groups is 1. The lowest BCUT2D eigenvalue weighted by atomic mass is 10.2. The Kier molecular flexibility index (Phi) is 5.13. The van der Waals surface area contributed by atoms with E-state index in [0.717, 1.165) is 0 Å². The number of rotatable bonds is 5. The zero-order chi connectivity index (χ0) is 13.8. The standard InChI is InChI=1S/C11H14ClNO4S/c1-3-6-17-11(14)9-7-8(4-5-10(9)12)18(15,16)13-2/h4-5,7,13H,3,6H2,1-2H3. The molecular formula is C11H14ClNO4S. The average molecular weight is 292 g/mol. The summed E-state index contributed by atoms with van der Waals surface area (Å²) in [5.74, 6) is -0.630. The molecule has 0 atom stereocenters. The summed E-state index contributed by atoms with van der Waals surface area (Å²) in [6.45, 7) is 2.12. The van der Waals surface area contributed by atoms with Crippen molar-refractivity contribution in [3.05, 3.63) is 28.8 Å². The monoisotopic (exact) mass is 291 g/mol. The third-order valence-electron chi connectivity index (χ3n) is 2.17. The summed E-state index contributed by atoms with van der Waals surface area (Å²) in [7, 11) is -2.32. The zero-order valence-electron chi connectivity index (χ0n) is 10.1. The Labute approximate surface area is 111 Å². The van der Waals surface area contributed by atoms with Gasteiger partial charge < -0.3 is 4.74 Å². The van der Waals surface area contributed by atoms with Crippen LogP contribution in [0.15, 0.2) is 23.1 Å². The number of nitrogens with one attached hydrogen (secondary N) is 1. The molecule has 100 valence electrons. The van der Waals surface area contributed by atoms with Gasteiger partial charge >= 0.3 is 5.97 Å². The molecule has 1 N–H and O–H groups in total. The summed E-state index contributed by atoms with van der Waals surface area (Å²) in [6, 6.07) is 3.88. The highest BCUT2D eigenvalue weighted by molar-refractivity contribution is 7.89. The Morgan fingerprint density at radius 2 is 2.11 bits per heavy atom. The smallest absolute Gasteiger partial charge is 0.339 e. The second kappa shape index (κ2) is 6.17. The van der Waals surface area contributed by atoms with Gasteiger partial charge in [-0.25, -0.2) is 17.9 Å². The molecule has 1 aromatic carbocycles. The number of esters is 1. The van der Waals surface area contributed by atoms with Gasteiger partial charge in [0.05, 0.1) is 22.1 Å². The van der Waals surface area contributed by atoms with Crippen molar-refractivity contribution in [2.45, 2.75) is 18.2 Å². The molecule has 0 aliphatic rings. The molecular weight excluding hydrogens is 278 g/mol. The van der Waals surface area contributed by atoms with E-state index in [0.29, 0.717) is 6.42 Å². The lowest BCUT2D eigenvalue weighted by Gasteiger charge is -2.08. The van der Waals surface area contributed by atoms with Crippen molar-refractivity contribution in [2.75, 3.05) is 13.7 Å².